The highest BCUT2D eigenvalue weighted by Crippen LogP contribution is 2.48. The van der Waals surface area contributed by atoms with Crippen LogP contribution in [-0.2, 0) is 0 Å². The summed E-state index contributed by atoms with van der Waals surface area (Å²) in [5, 5.41) is 11.5. The SMILES string of the molecule is c1ccc(-c2ccc(-c3nc(-n4c5ccccc5c5c6ccccc6c6sc7ccccc7c6c54)nc4oc5ccccc5c34)c3ccccc23)cc1. The van der Waals surface area contributed by atoms with Gasteiger partial charge in [-0.15, -0.1) is 11.3 Å². The van der Waals surface area contributed by atoms with Gasteiger partial charge in [0, 0.05) is 47.3 Å². The molecule has 0 fully saturated rings. The second-order valence-electron chi connectivity index (χ2n) is 13.6. The Kier molecular flexibility index (Phi) is 5.90. The van der Waals surface area contributed by atoms with Gasteiger partial charge in [-0.2, -0.15) is 4.98 Å². The average molecular weight is 694 g/mol. The van der Waals surface area contributed by atoms with Gasteiger partial charge in [0.1, 0.15) is 5.58 Å². The van der Waals surface area contributed by atoms with E-state index in [0.717, 1.165) is 44.0 Å². The lowest BCUT2D eigenvalue weighted by atomic mass is 9.93. The monoisotopic (exact) mass is 693 g/mol. The Balaban J connectivity index is 1.27. The van der Waals surface area contributed by atoms with Crippen molar-refractivity contribution in [3.8, 4) is 28.3 Å². The number of benzene rings is 8. The highest BCUT2D eigenvalue weighted by Gasteiger charge is 2.25. The van der Waals surface area contributed by atoms with Crippen LogP contribution in [0.25, 0.3) is 114 Å². The highest BCUT2D eigenvalue weighted by atomic mass is 32.1. The Hall–Kier alpha value is -6.82. The zero-order valence-corrected chi connectivity index (χ0v) is 29.1. The van der Waals surface area contributed by atoms with Gasteiger partial charge in [0.2, 0.25) is 11.7 Å². The van der Waals surface area contributed by atoms with Crippen LogP contribution >= 0.6 is 11.3 Å². The van der Waals surface area contributed by atoms with Gasteiger partial charge in [-0.3, -0.25) is 4.57 Å². The fourth-order valence-corrected chi connectivity index (χ4v) is 9.85. The second kappa shape index (κ2) is 10.8. The molecular weight excluding hydrogens is 667 g/mol. The van der Waals surface area contributed by atoms with E-state index in [1.54, 1.807) is 0 Å². The minimum atomic E-state index is 0.570. The van der Waals surface area contributed by atoms with Gasteiger partial charge in [-0.25, -0.2) is 4.98 Å². The molecule has 8 aromatic carbocycles. The molecule has 4 nitrogen and oxygen atoms in total. The molecule has 12 rings (SSSR count). The lowest BCUT2D eigenvalue weighted by Gasteiger charge is -2.14. The summed E-state index contributed by atoms with van der Waals surface area (Å²) in [6.07, 6.45) is 0. The van der Waals surface area contributed by atoms with Crippen LogP contribution in [0.3, 0.4) is 0 Å². The molecule has 0 aliphatic heterocycles. The number of aromatic nitrogens is 3. The molecule has 12 aromatic rings. The van der Waals surface area contributed by atoms with Crippen LogP contribution in [0.2, 0.25) is 0 Å². The third-order valence-electron chi connectivity index (χ3n) is 10.8. The molecule has 0 saturated carbocycles. The molecule has 0 atom stereocenters. The van der Waals surface area contributed by atoms with Gasteiger partial charge in [-0.1, -0.05) is 146 Å². The molecule has 4 aromatic heterocycles. The normalized spacial score (nSPS) is 12.2. The van der Waals surface area contributed by atoms with Gasteiger partial charge >= 0.3 is 0 Å². The summed E-state index contributed by atoms with van der Waals surface area (Å²) in [7, 11) is 0. The molecule has 0 spiro atoms. The number of fused-ring (bicyclic) bond motifs is 14. The standard InChI is InChI=1S/C48H27N3OS/c1-2-14-28(15-3-1)29-26-27-33(31-17-5-4-16-30(29)31)44-42-36-21-9-12-24-39(36)52-47(42)50-48(49-44)51-38-23-11-8-20-35(38)41-32-18-6-7-19-34(32)46-43(45(41)51)37-22-10-13-25-40(37)53-46/h1-27H. The molecule has 0 unspecified atom stereocenters. The number of hydrogen-bond donors (Lipinski definition) is 0. The number of thiophene rings is 1. The molecule has 53 heavy (non-hydrogen) atoms. The third-order valence-corrected chi connectivity index (χ3v) is 12.0. The van der Waals surface area contributed by atoms with Crippen molar-refractivity contribution in [1.29, 1.82) is 0 Å². The molecule has 0 amide bonds. The van der Waals surface area contributed by atoms with E-state index in [1.165, 1.54) is 58.2 Å². The average Bonchev–Trinajstić information content (AvgIpc) is 3.90. The summed E-state index contributed by atoms with van der Waals surface area (Å²) in [5.41, 5.74) is 7.79. The summed E-state index contributed by atoms with van der Waals surface area (Å²) in [5.74, 6) is 0.584. The molecule has 0 aliphatic carbocycles. The Bertz CT molecular complexity index is 3460. The summed E-state index contributed by atoms with van der Waals surface area (Å²) < 4.78 is 11.4. The minimum Gasteiger partial charge on any atom is -0.437 e. The molecule has 0 aliphatic rings. The Labute approximate surface area is 306 Å². The minimum absolute atomic E-state index is 0.570. The molecular formula is C48H27N3OS. The van der Waals surface area contributed by atoms with Gasteiger partial charge < -0.3 is 4.42 Å². The Morgan fingerprint density at radius 2 is 1.08 bits per heavy atom. The first-order valence-electron chi connectivity index (χ1n) is 17.8. The quantitative estimate of drug-likeness (QED) is 0.185. The third kappa shape index (κ3) is 4.00. The van der Waals surface area contributed by atoms with E-state index in [9.17, 15) is 0 Å². The van der Waals surface area contributed by atoms with Crippen molar-refractivity contribution in [2.24, 2.45) is 0 Å². The largest absolute Gasteiger partial charge is 0.437 e. The lowest BCUT2D eigenvalue weighted by molar-refractivity contribution is 0.651. The van der Waals surface area contributed by atoms with Gasteiger partial charge in [0.15, 0.2) is 0 Å². The van der Waals surface area contributed by atoms with Gasteiger partial charge in [0.05, 0.1) is 22.1 Å². The van der Waals surface area contributed by atoms with E-state index < -0.39 is 0 Å². The second-order valence-corrected chi connectivity index (χ2v) is 14.7. The fraction of sp³-hybridized carbons (Fsp3) is 0. The van der Waals surface area contributed by atoms with E-state index in [-0.39, 0.29) is 0 Å². The van der Waals surface area contributed by atoms with Crippen molar-refractivity contribution >= 4 is 96.9 Å². The summed E-state index contributed by atoms with van der Waals surface area (Å²) in [6.45, 7) is 0. The van der Waals surface area contributed by atoms with Crippen molar-refractivity contribution in [3.05, 3.63) is 164 Å². The van der Waals surface area contributed by atoms with E-state index in [0.29, 0.717) is 11.7 Å². The van der Waals surface area contributed by atoms with Gasteiger partial charge in [0.25, 0.3) is 0 Å². The summed E-state index contributed by atoms with van der Waals surface area (Å²) >= 11 is 1.85. The molecule has 5 heteroatoms. The predicted molar refractivity (Wildman–Crippen MR) is 222 cm³/mol. The van der Waals surface area contributed by atoms with E-state index in [2.05, 4.69) is 156 Å². The zero-order valence-electron chi connectivity index (χ0n) is 28.2. The maximum Gasteiger partial charge on any atom is 0.238 e. The molecule has 4 heterocycles. The first kappa shape index (κ1) is 28.8. The lowest BCUT2D eigenvalue weighted by Crippen LogP contribution is -2.03. The molecule has 0 radical (unpaired) electrons. The van der Waals surface area contributed by atoms with Crippen molar-refractivity contribution in [1.82, 2.24) is 14.5 Å². The maximum absolute atomic E-state index is 6.63. The molecule has 246 valence electrons. The molecule has 0 bridgehead atoms. The number of para-hydroxylation sites is 2. The Morgan fingerprint density at radius 3 is 1.91 bits per heavy atom. The van der Waals surface area contributed by atoms with E-state index in [4.69, 9.17) is 14.4 Å². The zero-order chi connectivity index (χ0) is 34.6. The van der Waals surface area contributed by atoms with E-state index in [1.807, 2.05) is 23.5 Å². The van der Waals surface area contributed by atoms with Crippen LogP contribution in [-0.4, -0.2) is 14.5 Å². The number of nitrogens with zero attached hydrogens (tertiary/aromatic N) is 3. The van der Waals surface area contributed by atoms with Crippen LogP contribution in [0.4, 0.5) is 0 Å². The van der Waals surface area contributed by atoms with Crippen LogP contribution in [0.15, 0.2) is 168 Å². The number of rotatable bonds is 3. The summed E-state index contributed by atoms with van der Waals surface area (Å²) in [6, 6.07) is 58.1. The predicted octanol–water partition coefficient (Wildman–Crippen LogP) is 13.5. The van der Waals surface area contributed by atoms with Crippen LogP contribution in [0.1, 0.15) is 0 Å². The highest BCUT2D eigenvalue weighted by molar-refractivity contribution is 7.27. The van der Waals surface area contributed by atoms with Crippen molar-refractivity contribution in [2.45, 2.75) is 0 Å². The Morgan fingerprint density at radius 1 is 0.453 bits per heavy atom. The van der Waals surface area contributed by atoms with Crippen molar-refractivity contribution < 1.29 is 4.42 Å². The van der Waals surface area contributed by atoms with Gasteiger partial charge in [-0.05, 0) is 45.5 Å². The first-order valence-corrected chi connectivity index (χ1v) is 18.7. The molecule has 0 N–H and O–H groups in total. The van der Waals surface area contributed by atoms with Crippen LogP contribution < -0.4 is 0 Å². The fourth-order valence-electron chi connectivity index (χ4n) is 8.61. The maximum atomic E-state index is 6.63. The first-order chi connectivity index (χ1) is 26.3. The van der Waals surface area contributed by atoms with E-state index >= 15 is 0 Å². The van der Waals surface area contributed by atoms with Crippen molar-refractivity contribution in [3.63, 3.8) is 0 Å². The number of furan rings is 1. The van der Waals surface area contributed by atoms with Crippen LogP contribution in [0.5, 0.6) is 0 Å². The topological polar surface area (TPSA) is 43.9 Å². The number of hydrogen-bond acceptors (Lipinski definition) is 4. The van der Waals surface area contributed by atoms with Crippen LogP contribution in [0, 0.1) is 0 Å². The van der Waals surface area contributed by atoms with Crippen molar-refractivity contribution in [2.75, 3.05) is 0 Å². The molecule has 0 saturated heterocycles. The smallest absolute Gasteiger partial charge is 0.238 e. The summed E-state index contributed by atoms with van der Waals surface area (Å²) in [4.78, 5) is 11.0.